The Balaban J connectivity index is 1.10. The molecule has 2 aliphatic rings. The number of aryl methyl sites for hydroxylation is 1. The number of carbonyl (C=O) groups is 1. The third-order valence-electron chi connectivity index (χ3n) is 5.77. The third kappa shape index (κ3) is 4.93. The van der Waals surface area contributed by atoms with Crippen molar-refractivity contribution < 1.29 is 4.79 Å². The van der Waals surface area contributed by atoms with Crippen LogP contribution < -0.4 is 10.2 Å². The van der Waals surface area contributed by atoms with E-state index in [9.17, 15) is 4.79 Å². The van der Waals surface area contributed by atoms with E-state index in [1.165, 1.54) is 24.1 Å². The van der Waals surface area contributed by atoms with E-state index in [2.05, 4.69) is 56.5 Å². The van der Waals surface area contributed by atoms with Gasteiger partial charge in [-0.3, -0.25) is 14.8 Å². The molecule has 1 saturated heterocycles. The Bertz CT molecular complexity index is 790. The quantitative estimate of drug-likeness (QED) is 0.690. The standard InChI is InChI=1S/C22H31N5O/c1-17-5-4-6-19(15-17)27-13-11-26(12-14-27)10-3-2-9-23-22(28)21-16-20(24-25-21)18-7-8-18/h4-6,15-16,18H,2-3,7-14H2,1H3,(H,23,28)(H,24,25). The van der Waals surface area contributed by atoms with Crippen molar-refractivity contribution in [3.63, 3.8) is 0 Å². The van der Waals surface area contributed by atoms with Crippen molar-refractivity contribution in [1.82, 2.24) is 20.4 Å². The molecular weight excluding hydrogens is 350 g/mol. The highest BCUT2D eigenvalue weighted by Gasteiger charge is 2.26. The summed E-state index contributed by atoms with van der Waals surface area (Å²) in [5, 5.41) is 10.1. The molecule has 1 aliphatic carbocycles. The Kier molecular flexibility index (Phi) is 5.95. The van der Waals surface area contributed by atoms with Gasteiger partial charge < -0.3 is 10.2 Å². The van der Waals surface area contributed by atoms with Gasteiger partial charge in [-0.25, -0.2) is 0 Å². The fourth-order valence-corrected chi connectivity index (χ4v) is 3.86. The normalized spacial score (nSPS) is 17.7. The molecule has 1 amide bonds. The molecule has 4 rings (SSSR count). The maximum absolute atomic E-state index is 12.2. The van der Waals surface area contributed by atoms with E-state index in [4.69, 9.17) is 0 Å². The number of carbonyl (C=O) groups excluding carboxylic acids is 1. The zero-order valence-corrected chi connectivity index (χ0v) is 16.8. The molecule has 2 aromatic rings. The number of rotatable bonds is 8. The second-order valence-corrected chi connectivity index (χ2v) is 8.11. The van der Waals surface area contributed by atoms with Crippen molar-refractivity contribution in [3.05, 3.63) is 47.3 Å². The molecule has 2 fully saturated rings. The minimum Gasteiger partial charge on any atom is -0.369 e. The Morgan fingerprint density at radius 1 is 1.18 bits per heavy atom. The topological polar surface area (TPSA) is 64.3 Å². The molecule has 2 heterocycles. The number of hydrogen-bond donors (Lipinski definition) is 2. The van der Waals surface area contributed by atoms with Crippen molar-refractivity contribution in [1.29, 1.82) is 0 Å². The van der Waals surface area contributed by atoms with Crippen LogP contribution in [0.1, 0.15) is 53.3 Å². The molecule has 0 unspecified atom stereocenters. The van der Waals surface area contributed by atoms with Crippen molar-refractivity contribution in [3.8, 4) is 0 Å². The van der Waals surface area contributed by atoms with Crippen molar-refractivity contribution in [2.45, 2.75) is 38.5 Å². The zero-order chi connectivity index (χ0) is 19.3. The number of anilines is 1. The van der Waals surface area contributed by atoms with Gasteiger partial charge in [-0.2, -0.15) is 5.10 Å². The summed E-state index contributed by atoms with van der Waals surface area (Å²) < 4.78 is 0. The van der Waals surface area contributed by atoms with Gasteiger partial charge in [-0.15, -0.1) is 0 Å². The van der Waals surface area contributed by atoms with E-state index in [1.807, 2.05) is 6.07 Å². The SMILES string of the molecule is Cc1cccc(N2CCN(CCCCNC(=O)c3cc(C4CC4)[nH]n3)CC2)c1. The van der Waals surface area contributed by atoms with Crippen molar-refractivity contribution in [2.75, 3.05) is 44.2 Å². The van der Waals surface area contributed by atoms with Crippen LogP contribution in [0.2, 0.25) is 0 Å². The first-order valence-corrected chi connectivity index (χ1v) is 10.6. The molecule has 6 heteroatoms. The van der Waals surface area contributed by atoms with Gasteiger partial charge in [0.05, 0.1) is 0 Å². The minimum atomic E-state index is -0.0603. The Labute approximate surface area is 167 Å². The van der Waals surface area contributed by atoms with Crippen LogP contribution in [0.5, 0.6) is 0 Å². The molecule has 2 N–H and O–H groups in total. The second-order valence-electron chi connectivity index (χ2n) is 8.11. The predicted molar refractivity (Wildman–Crippen MR) is 112 cm³/mol. The number of benzene rings is 1. The van der Waals surface area contributed by atoms with E-state index in [0.29, 0.717) is 18.2 Å². The number of hydrogen-bond acceptors (Lipinski definition) is 4. The van der Waals surface area contributed by atoms with Crippen LogP contribution in [0.4, 0.5) is 5.69 Å². The number of nitrogens with zero attached hydrogens (tertiary/aromatic N) is 3. The molecule has 0 radical (unpaired) electrons. The van der Waals surface area contributed by atoms with E-state index in [-0.39, 0.29) is 5.91 Å². The Morgan fingerprint density at radius 2 is 2.00 bits per heavy atom. The smallest absolute Gasteiger partial charge is 0.271 e. The molecule has 0 bridgehead atoms. The summed E-state index contributed by atoms with van der Waals surface area (Å²) in [4.78, 5) is 17.2. The molecule has 28 heavy (non-hydrogen) atoms. The van der Waals surface area contributed by atoms with E-state index in [1.54, 1.807) is 0 Å². The molecular formula is C22H31N5O. The average molecular weight is 382 g/mol. The Hall–Kier alpha value is -2.34. The van der Waals surface area contributed by atoms with E-state index in [0.717, 1.165) is 51.3 Å². The maximum Gasteiger partial charge on any atom is 0.271 e. The number of unbranched alkanes of at least 4 members (excludes halogenated alkanes) is 1. The van der Waals surface area contributed by atoms with Crippen LogP contribution in [-0.4, -0.2) is 60.3 Å². The summed E-state index contributed by atoms with van der Waals surface area (Å²) in [6, 6.07) is 10.7. The van der Waals surface area contributed by atoms with Crippen LogP contribution in [0.15, 0.2) is 30.3 Å². The lowest BCUT2D eigenvalue weighted by Gasteiger charge is -2.36. The number of aromatic amines is 1. The summed E-state index contributed by atoms with van der Waals surface area (Å²) in [6.07, 6.45) is 4.54. The van der Waals surface area contributed by atoms with Gasteiger partial charge in [-0.1, -0.05) is 12.1 Å². The van der Waals surface area contributed by atoms with E-state index >= 15 is 0 Å². The number of amides is 1. The number of aromatic nitrogens is 2. The minimum absolute atomic E-state index is 0.0603. The zero-order valence-electron chi connectivity index (χ0n) is 16.8. The van der Waals surface area contributed by atoms with Crippen molar-refractivity contribution >= 4 is 11.6 Å². The summed E-state index contributed by atoms with van der Waals surface area (Å²) in [6.45, 7) is 8.36. The fourth-order valence-electron chi connectivity index (χ4n) is 3.86. The first-order valence-electron chi connectivity index (χ1n) is 10.6. The molecule has 1 saturated carbocycles. The highest BCUT2D eigenvalue weighted by molar-refractivity contribution is 5.92. The van der Waals surface area contributed by atoms with Crippen LogP contribution in [-0.2, 0) is 0 Å². The predicted octanol–water partition coefficient (Wildman–Crippen LogP) is 2.93. The first-order chi connectivity index (χ1) is 13.7. The fraction of sp³-hybridized carbons (Fsp3) is 0.545. The van der Waals surface area contributed by atoms with Gasteiger partial charge >= 0.3 is 0 Å². The van der Waals surface area contributed by atoms with Gasteiger partial charge in [0, 0.05) is 50.0 Å². The third-order valence-corrected chi connectivity index (χ3v) is 5.77. The highest BCUT2D eigenvalue weighted by atomic mass is 16.1. The summed E-state index contributed by atoms with van der Waals surface area (Å²) in [5.74, 6) is 0.537. The molecule has 0 spiro atoms. The van der Waals surface area contributed by atoms with Crippen molar-refractivity contribution in [2.24, 2.45) is 0 Å². The van der Waals surface area contributed by atoms with Gasteiger partial charge in [0.15, 0.2) is 0 Å². The molecule has 150 valence electrons. The highest BCUT2D eigenvalue weighted by Crippen LogP contribution is 2.38. The summed E-state index contributed by atoms with van der Waals surface area (Å²) in [7, 11) is 0. The van der Waals surface area contributed by atoms with Gasteiger partial charge in [0.1, 0.15) is 5.69 Å². The van der Waals surface area contributed by atoms with Gasteiger partial charge in [0.2, 0.25) is 0 Å². The number of nitrogens with one attached hydrogen (secondary N) is 2. The van der Waals surface area contributed by atoms with E-state index < -0.39 is 0 Å². The maximum atomic E-state index is 12.2. The van der Waals surface area contributed by atoms with Crippen LogP contribution in [0, 0.1) is 6.92 Å². The largest absolute Gasteiger partial charge is 0.369 e. The molecule has 0 atom stereocenters. The summed E-state index contributed by atoms with van der Waals surface area (Å²) in [5.41, 5.74) is 4.29. The molecule has 1 aliphatic heterocycles. The average Bonchev–Trinajstić information content (AvgIpc) is 3.44. The lowest BCUT2D eigenvalue weighted by atomic mass is 10.2. The number of H-pyrrole nitrogens is 1. The number of piperazine rings is 1. The summed E-state index contributed by atoms with van der Waals surface area (Å²) >= 11 is 0. The monoisotopic (exact) mass is 381 g/mol. The van der Waals surface area contributed by atoms with Gasteiger partial charge in [0.25, 0.3) is 5.91 Å². The van der Waals surface area contributed by atoms with Crippen LogP contribution in [0.25, 0.3) is 0 Å². The Morgan fingerprint density at radius 3 is 2.75 bits per heavy atom. The van der Waals surface area contributed by atoms with Gasteiger partial charge in [-0.05, 0) is 62.9 Å². The lowest BCUT2D eigenvalue weighted by molar-refractivity contribution is 0.0947. The van der Waals surface area contributed by atoms with Crippen LogP contribution >= 0.6 is 0 Å². The first kappa shape index (κ1) is 19.0. The van der Waals surface area contributed by atoms with Crippen LogP contribution in [0.3, 0.4) is 0 Å². The second kappa shape index (κ2) is 8.78. The lowest BCUT2D eigenvalue weighted by Crippen LogP contribution is -2.46. The molecule has 1 aromatic carbocycles. The molecule has 6 nitrogen and oxygen atoms in total. The molecule has 1 aromatic heterocycles.